The van der Waals surface area contributed by atoms with E-state index < -0.39 is 17.8 Å². The van der Waals surface area contributed by atoms with Crippen LogP contribution in [0.3, 0.4) is 0 Å². The van der Waals surface area contributed by atoms with Gasteiger partial charge in [-0.1, -0.05) is 27.5 Å². The Balaban J connectivity index is 1.40. The molecule has 0 atom stereocenters. The van der Waals surface area contributed by atoms with Crippen LogP contribution >= 0.6 is 27.5 Å². The third-order valence-electron chi connectivity index (χ3n) is 5.96. The van der Waals surface area contributed by atoms with Crippen molar-refractivity contribution in [3.63, 3.8) is 0 Å². The molecule has 2 amide bonds. The van der Waals surface area contributed by atoms with Gasteiger partial charge < -0.3 is 24.3 Å². The van der Waals surface area contributed by atoms with Gasteiger partial charge in [0.2, 0.25) is 5.75 Å². The molecular formula is C31H25BrClN3O7. The number of esters is 1. The van der Waals surface area contributed by atoms with E-state index >= 15 is 0 Å². The van der Waals surface area contributed by atoms with E-state index in [1.54, 1.807) is 48.5 Å². The molecule has 0 spiro atoms. The highest BCUT2D eigenvalue weighted by Gasteiger charge is 2.17. The van der Waals surface area contributed by atoms with Crippen LogP contribution in [-0.2, 0) is 0 Å². The number of ether oxygens (including phenoxy) is 4. The summed E-state index contributed by atoms with van der Waals surface area (Å²) in [4.78, 5) is 38.1. The molecule has 0 fully saturated rings. The van der Waals surface area contributed by atoms with Gasteiger partial charge in [-0.2, -0.15) is 5.10 Å². The predicted octanol–water partition coefficient (Wildman–Crippen LogP) is 6.36. The molecule has 0 bridgehead atoms. The molecule has 0 unspecified atom stereocenters. The minimum atomic E-state index is -0.564. The molecule has 0 aliphatic heterocycles. The first-order chi connectivity index (χ1) is 20.7. The van der Waals surface area contributed by atoms with Gasteiger partial charge in [0.05, 0.1) is 33.1 Å². The SMILES string of the molecule is COc1cc(C(=O)Nc2ccc(C(=O)N/N=C/c3cc(Cl)ccc3OC(=O)c3ccc(Br)cc3)cc2)cc(OC)c1OC. The number of hydrogen-bond acceptors (Lipinski definition) is 8. The van der Waals surface area contributed by atoms with E-state index in [2.05, 4.69) is 31.8 Å². The summed E-state index contributed by atoms with van der Waals surface area (Å²) in [5.41, 5.74) is 4.19. The Morgan fingerprint density at radius 2 is 1.37 bits per heavy atom. The Bertz CT molecular complexity index is 1650. The number of carbonyl (C=O) groups excluding carboxylic acids is 3. The smallest absolute Gasteiger partial charge is 0.343 e. The lowest BCUT2D eigenvalue weighted by atomic mass is 10.1. The average Bonchev–Trinajstić information content (AvgIpc) is 3.02. The third-order valence-corrected chi connectivity index (χ3v) is 6.72. The topological polar surface area (TPSA) is 125 Å². The van der Waals surface area contributed by atoms with Crippen LogP contribution in [0.1, 0.15) is 36.6 Å². The van der Waals surface area contributed by atoms with E-state index in [-0.39, 0.29) is 16.9 Å². The maximum absolute atomic E-state index is 12.9. The fraction of sp³-hybridized carbons (Fsp3) is 0.0968. The predicted molar refractivity (Wildman–Crippen MR) is 166 cm³/mol. The highest BCUT2D eigenvalue weighted by Crippen LogP contribution is 2.38. The monoisotopic (exact) mass is 665 g/mol. The Hall–Kier alpha value is -4.87. The number of anilines is 1. The van der Waals surface area contributed by atoms with Crippen molar-refractivity contribution in [2.75, 3.05) is 26.6 Å². The molecule has 4 aromatic rings. The summed E-state index contributed by atoms with van der Waals surface area (Å²) in [6, 6.07) is 20.6. The molecule has 2 N–H and O–H groups in total. The van der Waals surface area contributed by atoms with E-state index in [4.69, 9.17) is 30.5 Å². The lowest BCUT2D eigenvalue weighted by Gasteiger charge is -2.14. The van der Waals surface area contributed by atoms with Crippen LogP contribution < -0.4 is 29.7 Å². The molecule has 43 heavy (non-hydrogen) atoms. The summed E-state index contributed by atoms with van der Waals surface area (Å²) < 4.78 is 22.2. The highest BCUT2D eigenvalue weighted by atomic mass is 79.9. The molecule has 4 aromatic carbocycles. The van der Waals surface area contributed by atoms with Crippen LogP contribution in [0.15, 0.2) is 88.4 Å². The van der Waals surface area contributed by atoms with Crippen LogP contribution in [0.5, 0.6) is 23.0 Å². The Morgan fingerprint density at radius 3 is 1.98 bits per heavy atom. The number of nitrogens with one attached hydrogen (secondary N) is 2. The number of benzene rings is 4. The van der Waals surface area contributed by atoms with Gasteiger partial charge in [0.15, 0.2) is 11.5 Å². The van der Waals surface area contributed by atoms with Gasteiger partial charge in [0, 0.05) is 31.9 Å². The van der Waals surface area contributed by atoms with Crippen LogP contribution in [-0.4, -0.2) is 45.3 Å². The summed E-state index contributed by atoms with van der Waals surface area (Å²) in [6.07, 6.45) is 1.32. The molecule has 10 nitrogen and oxygen atoms in total. The molecule has 0 saturated carbocycles. The average molecular weight is 667 g/mol. The Kier molecular flexibility index (Phi) is 10.4. The van der Waals surface area contributed by atoms with E-state index in [0.29, 0.717) is 39.1 Å². The van der Waals surface area contributed by atoms with Gasteiger partial charge in [-0.15, -0.1) is 0 Å². The van der Waals surface area contributed by atoms with Gasteiger partial charge in [-0.3, -0.25) is 9.59 Å². The molecule has 0 heterocycles. The van der Waals surface area contributed by atoms with Crippen molar-refractivity contribution in [2.45, 2.75) is 0 Å². The van der Waals surface area contributed by atoms with Crippen molar-refractivity contribution in [3.05, 3.63) is 111 Å². The first-order valence-electron chi connectivity index (χ1n) is 12.5. The summed E-state index contributed by atoms with van der Waals surface area (Å²) in [5, 5.41) is 7.14. The largest absolute Gasteiger partial charge is 0.493 e. The molecule has 0 aliphatic rings. The highest BCUT2D eigenvalue weighted by molar-refractivity contribution is 9.10. The van der Waals surface area contributed by atoms with Crippen molar-refractivity contribution in [2.24, 2.45) is 5.10 Å². The summed E-state index contributed by atoms with van der Waals surface area (Å²) in [5.74, 6) is -0.228. The minimum absolute atomic E-state index is 0.211. The molecule has 0 aromatic heterocycles. The van der Waals surface area contributed by atoms with Gasteiger partial charge in [-0.25, -0.2) is 10.2 Å². The van der Waals surface area contributed by atoms with Gasteiger partial charge in [0.25, 0.3) is 11.8 Å². The molecular weight excluding hydrogens is 642 g/mol. The van der Waals surface area contributed by atoms with Crippen LogP contribution in [0.4, 0.5) is 5.69 Å². The number of methoxy groups -OCH3 is 3. The van der Waals surface area contributed by atoms with Crippen molar-refractivity contribution >= 4 is 57.2 Å². The van der Waals surface area contributed by atoms with Gasteiger partial charge in [0.1, 0.15) is 5.75 Å². The Labute approximate surface area is 260 Å². The van der Waals surface area contributed by atoms with Gasteiger partial charge in [-0.05, 0) is 78.9 Å². The number of amides is 2. The summed E-state index contributed by atoms with van der Waals surface area (Å²) in [6.45, 7) is 0. The van der Waals surface area contributed by atoms with Crippen LogP contribution in [0.2, 0.25) is 5.02 Å². The van der Waals surface area contributed by atoms with Crippen molar-refractivity contribution < 1.29 is 33.3 Å². The molecule has 0 radical (unpaired) electrons. The first-order valence-corrected chi connectivity index (χ1v) is 13.7. The van der Waals surface area contributed by atoms with Crippen LogP contribution in [0, 0.1) is 0 Å². The maximum Gasteiger partial charge on any atom is 0.343 e. The number of carbonyl (C=O) groups is 3. The number of hydrazone groups is 1. The van der Waals surface area contributed by atoms with E-state index in [0.717, 1.165) is 4.47 Å². The lowest BCUT2D eigenvalue weighted by molar-refractivity contribution is 0.0733. The maximum atomic E-state index is 12.9. The molecule has 0 saturated heterocycles. The fourth-order valence-electron chi connectivity index (χ4n) is 3.80. The lowest BCUT2D eigenvalue weighted by Crippen LogP contribution is -2.18. The van der Waals surface area contributed by atoms with Gasteiger partial charge >= 0.3 is 5.97 Å². The Morgan fingerprint density at radius 1 is 0.744 bits per heavy atom. The zero-order valence-corrected chi connectivity index (χ0v) is 25.5. The van der Waals surface area contributed by atoms with E-state index in [1.165, 1.54) is 57.9 Å². The standard InChI is InChI=1S/C31H25BrClN3O7/c1-40-26-15-20(16-27(41-2)28(26)42-3)29(37)35-24-11-6-18(7-12-24)30(38)36-34-17-21-14-23(33)10-13-25(21)43-31(39)19-4-8-22(32)9-5-19/h4-17H,1-3H3,(H,35,37)(H,36,38)/b34-17+. The zero-order valence-electron chi connectivity index (χ0n) is 23.1. The van der Waals surface area contributed by atoms with E-state index in [1.807, 2.05) is 0 Å². The first kappa shape index (κ1) is 31.1. The number of halogens is 2. The van der Waals surface area contributed by atoms with Crippen molar-refractivity contribution in [1.82, 2.24) is 5.43 Å². The zero-order chi connectivity index (χ0) is 30.9. The quantitative estimate of drug-likeness (QED) is 0.0873. The van der Waals surface area contributed by atoms with E-state index in [9.17, 15) is 14.4 Å². The second-order valence-electron chi connectivity index (χ2n) is 8.72. The summed E-state index contributed by atoms with van der Waals surface area (Å²) >= 11 is 9.44. The van der Waals surface area contributed by atoms with Crippen molar-refractivity contribution in [1.29, 1.82) is 0 Å². The molecule has 4 rings (SSSR count). The number of nitrogens with zero attached hydrogens (tertiary/aromatic N) is 1. The summed E-state index contributed by atoms with van der Waals surface area (Å²) in [7, 11) is 4.39. The third kappa shape index (κ3) is 7.91. The van der Waals surface area contributed by atoms with Crippen molar-refractivity contribution in [3.8, 4) is 23.0 Å². The number of rotatable bonds is 10. The number of hydrogen-bond donors (Lipinski definition) is 2. The minimum Gasteiger partial charge on any atom is -0.493 e. The normalized spacial score (nSPS) is 10.6. The second kappa shape index (κ2) is 14.3. The van der Waals surface area contributed by atoms with Crippen LogP contribution in [0.25, 0.3) is 0 Å². The fourth-order valence-corrected chi connectivity index (χ4v) is 4.25. The molecule has 0 aliphatic carbocycles. The molecule has 12 heteroatoms. The second-order valence-corrected chi connectivity index (χ2v) is 10.1. The molecule has 220 valence electrons.